The summed E-state index contributed by atoms with van der Waals surface area (Å²) in [6.07, 6.45) is 3.80. The van der Waals surface area contributed by atoms with Gasteiger partial charge in [0.2, 0.25) is 11.8 Å². The van der Waals surface area contributed by atoms with E-state index in [9.17, 15) is 18.4 Å². The van der Waals surface area contributed by atoms with Crippen molar-refractivity contribution in [3.05, 3.63) is 95.2 Å². The minimum Gasteiger partial charge on any atom is -0.357 e. The standard InChI is InChI=1S/C32H33F2N5O2/c1-22(24-3-7-27(33)8-4-24)37-31(41)32(26-5-9-28(34)10-6-26)14-18-39(19-15-32)30(40)25-12-16-38(17-13-25)29-11-2-23(20-35)21-36-29/h2-11,21-22,25H,12-19H2,1H3,(H,37,41)/t22-/m0/s1. The number of rotatable bonds is 6. The average molecular weight is 558 g/mol. The van der Waals surface area contributed by atoms with Gasteiger partial charge in [0.15, 0.2) is 0 Å². The van der Waals surface area contributed by atoms with Crippen LogP contribution in [0.1, 0.15) is 55.3 Å². The Balaban J connectivity index is 1.24. The molecule has 2 amide bonds. The Morgan fingerprint density at radius 2 is 1.56 bits per heavy atom. The second-order valence-electron chi connectivity index (χ2n) is 10.9. The molecule has 0 unspecified atom stereocenters. The molecular formula is C32H33F2N5O2. The summed E-state index contributed by atoms with van der Waals surface area (Å²) in [4.78, 5) is 35.7. The first-order chi connectivity index (χ1) is 19.8. The van der Waals surface area contributed by atoms with E-state index in [0.29, 0.717) is 57.4 Å². The monoisotopic (exact) mass is 557 g/mol. The Morgan fingerprint density at radius 3 is 2.12 bits per heavy atom. The zero-order valence-corrected chi connectivity index (χ0v) is 23.0. The number of likely N-dealkylation sites (tertiary alicyclic amines) is 1. The summed E-state index contributed by atoms with van der Waals surface area (Å²) in [5.74, 6) is -0.0996. The summed E-state index contributed by atoms with van der Waals surface area (Å²) < 4.78 is 27.2. The number of aromatic nitrogens is 1. The highest BCUT2D eigenvalue weighted by molar-refractivity contribution is 5.89. The van der Waals surface area contributed by atoms with E-state index in [2.05, 4.69) is 21.3 Å². The van der Waals surface area contributed by atoms with Gasteiger partial charge in [0.1, 0.15) is 23.5 Å². The van der Waals surface area contributed by atoms with E-state index in [1.165, 1.54) is 24.3 Å². The topological polar surface area (TPSA) is 89.3 Å². The highest BCUT2D eigenvalue weighted by atomic mass is 19.1. The molecule has 2 saturated heterocycles. The molecule has 2 aliphatic heterocycles. The Morgan fingerprint density at radius 1 is 0.951 bits per heavy atom. The lowest BCUT2D eigenvalue weighted by atomic mass is 9.71. The molecule has 5 rings (SSSR count). The van der Waals surface area contributed by atoms with Gasteiger partial charge in [-0.15, -0.1) is 0 Å². The van der Waals surface area contributed by atoms with Gasteiger partial charge < -0.3 is 15.1 Å². The number of hydrogen-bond donors (Lipinski definition) is 1. The summed E-state index contributed by atoms with van der Waals surface area (Å²) in [6, 6.07) is 17.4. The number of piperidine rings is 2. The molecule has 2 aromatic carbocycles. The van der Waals surface area contributed by atoms with Gasteiger partial charge in [-0.3, -0.25) is 9.59 Å². The molecule has 212 valence electrons. The molecule has 3 aromatic rings. The molecule has 1 atom stereocenters. The van der Waals surface area contributed by atoms with Gasteiger partial charge in [0, 0.05) is 38.3 Å². The van der Waals surface area contributed by atoms with Crippen molar-refractivity contribution in [3.63, 3.8) is 0 Å². The van der Waals surface area contributed by atoms with Crippen LogP contribution < -0.4 is 10.2 Å². The van der Waals surface area contributed by atoms with Crippen LogP contribution in [0.15, 0.2) is 66.9 Å². The van der Waals surface area contributed by atoms with Crippen molar-refractivity contribution in [1.29, 1.82) is 5.26 Å². The fourth-order valence-electron chi connectivity index (χ4n) is 5.95. The third kappa shape index (κ3) is 6.07. The molecule has 9 heteroatoms. The first kappa shape index (κ1) is 28.2. The lowest BCUT2D eigenvalue weighted by molar-refractivity contribution is -0.140. The number of carbonyl (C=O) groups is 2. The number of anilines is 1. The molecule has 2 fully saturated rings. The van der Waals surface area contributed by atoms with Crippen molar-refractivity contribution in [2.75, 3.05) is 31.1 Å². The molecule has 3 heterocycles. The second-order valence-corrected chi connectivity index (χ2v) is 10.9. The molecule has 41 heavy (non-hydrogen) atoms. The smallest absolute Gasteiger partial charge is 0.231 e. The molecule has 0 saturated carbocycles. The van der Waals surface area contributed by atoms with E-state index in [0.717, 1.165) is 16.9 Å². The maximum Gasteiger partial charge on any atom is 0.231 e. The Kier molecular flexibility index (Phi) is 8.29. The number of pyridine rings is 1. The number of nitrogens with zero attached hydrogens (tertiary/aromatic N) is 4. The van der Waals surface area contributed by atoms with E-state index in [1.54, 1.807) is 36.5 Å². The number of benzene rings is 2. The highest BCUT2D eigenvalue weighted by Gasteiger charge is 2.45. The van der Waals surface area contributed by atoms with Crippen LogP contribution in [0.2, 0.25) is 0 Å². The summed E-state index contributed by atoms with van der Waals surface area (Å²) in [5, 5.41) is 12.1. The molecule has 1 N–H and O–H groups in total. The number of nitriles is 1. The SMILES string of the molecule is C[C@H](NC(=O)C1(c2ccc(F)cc2)CCN(C(=O)C2CCN(c3ccc(C#N)cn3)CC2)CC1)c1ccc(F)cc1. The van der Waals surface area contributed by atoms with Crippen LogP contribution in [0.3, 0.4) is 0 Å². The largest absolute Gasteiger partial charge is 0.357 e. The van der Waals surface area contributed by atoms with Gasteiger partial charge in [-0.25, -0.2) is 13.8 Å². The maximum atomic E-state index is 13.8. The second kappa shape index (κ2) is 12.0. The summed E-state index contributed by atoms with van der Waals surface area (Å²) in [7, 11) is 0. The van der Waals surface area contributed by atoms with Crippen molar-refractivity contribution in [1.82, 2.24) is 15.2 Å². The molecule has 2 aliphatic rings. The number of hydrogen-bond acceptors (Lipinski definition) is 5. The van der Waals surface area contributed by atoms with Gasteiger partial charge in [-0.2, -0.15) is 5.26 Å². The minimum atomic E-state index is -0.913. The van der Waals surface area contributed by atoms with Crippen LogP contribution in [0.25, 0.3) is 0 Å². The molecule has 0 bridgehead atoms. The quantitative estimate of drug-likeness (QED) is 0.467. The lowest BCUT2D eigenvalue weighted by Gasteiger charge is -2.43. The van der Waals surface area contributed by atoms with Crippen molar-refractivity contribution in [3.8, 4) is 6.07 Å². The average Bonchev–Trinajstić information content (AvgIpc) is 3.01. The van der Waals surface area contributed by atoms with Crippen LogP contribution in [-0.2, 0) is 15.0 Å². The van der Waals surface area contributed by atoms with E-state index in [4.69, 9.17) is 5.26 Å². The van der Waals surface area contributed by atoms with Gasteiger partial charge in [0.25, 0.3) is 0 Å². The molecule has 7 nitrogen and oxygen atoms in total. The third-order valence-electron chi connectivity index (χ3n) is 8.52. The Hall–Kier alpha value is -4.32. The number of halogens is 2. The third-order valence-corrected chi connectivity index (χ3v) is 8.52. The van der Waals surface area contributed by atoms with Crippen molar-refractivity contribution < 1.29 is 18.4 Å². The van der Waals surface area contributed by atoms with Crippen molar-refractivity contribution in [2.24, 2.45) is 5.92 Å². The lowest BCUT2D eigenvalue weighted by Crippen LogP contribution is -2.54. The summed E-state index contributed by atoms with van der Waals surface area (Å²) in [6.45, 7) is 4.10. The number of nitrogens with one attached hydrogen (secondary N) is 1. The normalized spacial score (nSPS) is 17.9. The molecule has 0 aliphatic carbocycles. The number of amides is 2. The van der Waals surface area contributed by atoms with E-state index < -0.39 is 5.41 Å². The zero-order chi connectivity index (χ0) is 29.0. The van der Waals surface area contributed by atoms with Gasteiger partial charge in [-0.1, -0.05) is 24.3 Å². The summed E-state index contributed by atoms with van der Waals surface area (Å²) >= 11 is 0. The maximum absolute atomic E-state index is 13.8. The predicted molar refractivity (Wildman–Crippen MR) is 151 cm³/mol. The van der Waals surface area contributed by atoms with E-state index in [-0.39, 0.29) is 35.4 Å². The molecule has 0 radical (unpaired) electrons. The van der Waals surface area contributed by atoms with Crippen molar-refractivity contribution in [2.45, 2.75) is 44.1 Å². The fourth-order valence-corrected chi connectivity index (χ4v) is 5.95. The van der Waals surface area contributed by atoms with Gasteiger partial charge in [-0.05, 0) is 80.1 Å². The Labute approximate surface area is 238 Å². The first-order valence-electron chi connectivity index (χ1n) is 14.0. The van der Waals surface area contributed by atoms with Gasteiger partial charge >= 0.3 is 0 Å². The van der Waals surface area contributed by atoms with Crippen LogP contribution in [0.5, 0.6) is 0 Å². The van der Waals surface area contributed by atoms with E-state index in [1.807, 2.05) is 17.9 Å². The van der Waals surface area contributed by atoms with Crippen molar-refractivity contribution >= 4 is 17.6 Å². The summed E-state index contributed by atoms with van der Waals surface area (Å²) in [5.41, 5.74) is 1.10. The van der Waals surface area contributed by atoms with Crippen LogP contribution in [0.4, 0.5) is 14.6 Å². The first-order valence-corrected chi connectivity index (χ1v) is 14.0. The zero-order valence-electron chi connectivity index (χ0n) is 23.0. The molecule has 0 spiro atoms. The Bertz CT molecular complexity index is 1400. The molecular weight excluding hydrogens is 524 g/mol. The van der Waals surface area contributed by atoms with Gasteiger partial charge in [0.05, 0.1) is 17.0 Å². The van der Waals surface area contributed by atoms with E-state index >= 15 is 0 Å². The van der Waals surface area contributed by atoms with Crippen LogP contribution >= 0.6 is 0 Å². The fraction of sp³-hybridized carbons (Fsp3) is 0.375. The minimum absolute atomic E-state index is 0.102. The highest BCUT2D eigenvalue weighted by Crippen LogP contribution is 2.38. The van der Waals surface area contributed by atoms with Crippen LogP contribution in [0, 0.1) is 28.9 Å². The molecule has 1 aromatic heterocycles. The number of carbonyl (C=O) groups excluding carboxylic acids is 2. The predicted octanol–water partition coefficient (Wildman–Crippen LogP) is 4.89. The van der Waals surface area contributed by atoms with Crippen LogP contribution in [-0.4, -0.2) is 47.9 Å².